The van der Waals surface area contributed by atoms with Crippen molar-refractivity contribution >= 4 is 13.7 Å². The predicted molar refractivity (Wildman–Crippen MR) is 321 cm³/mol. The average molecular weight is 1060 g/mol. The van der Waals surface area contributed by atoms with Crippen LogP contribution in [-0.2, 0) is 18.4 Å². The third-order valence-corrected chi connectivity index (χ3v) is 15.8. The van der Waals surface area contributed by atoms with Crippen molar-refractivity contribution in [1.29, 1.82) is 0 Å². The normalized spacial score (nSPS) is 14.0. The van der Waals surface area contributed by atoms with Crippen LogP contribution in [-0.4, -0.2) is 68.5 Å². The minimum atomic E-state index is -4.61. The highest BCUT2D eigenvalue weighted by atomic mass is 31.2. The number of hydrogen-bond donors (Lipinski definition) is 2. The maximum absolute atomic E-state index is 13.0. The first-order valence-electron chi connectivity index (χ1n) is 32.4. The van der Waals surface area contributed by atoms with E-state index in [9.17, 15) is 19.4 Å². The molecule has 74 heavy (non-hydrogen) atoms. The number of carbonyl (C=O) groups is 1. The molecule has 0 aliphatic rings. The van der Waals surface area contributed by atoms with Crippen LogP contribution in [0.15, 0.2) is 36.5 Å². The standard InChI is InChI=1S/C65H127N2O6P/c1-6-8-10-12-14-16-18-20-22-24-26-28-30-32-34-36-38-40-42-44-46-48-50-52-54-56-58-64(68)63(62-73-74(70,71)72-61-60-67(3,4)5)66-65(69)59-57-55-53-51-49-47-45-43-41-39-37-35-33-31-29-27-25-23-21-19-17-15-13-11-9-7-2/h40,42,48,50,56,58,63-64,68H,6-39,41,43-47,49,51-55,57,59-62H2,1-5H3,(H-,66,69,70,71)/b42-40+,50-48+,58-56+. The number of hydrogen-bond acceptors (Lipinski definition) is 6. The van der Waals surface area contributed by atoms with Gasteiger partial charge in [-0.1, -0.05) is 307 Å². The quantitative estimate of drug-likeness (QED) is 0.0272. The van der Waals surface area contributed by atoms with Gasteiger partial charge in [0, 0.05) is 6.42 Å². The van der Waals surface area contributed by atoms with Crippen LogP contribution in [0.1, 0.15) is 322 Å². The van der Waals surface area contributed by atoms with Crippen molar-refractivity contribution in [2.45, 2.75) is 334 Å². The molecule has 0 spiro atoms. The Kier molecular flexibility index (Phi) is 55.5. The number of nitrogens with zero attached hydrogens (tertiary/aromatic N) is 1. The number of aliphatic hydroxyl groups excluding tert-OH is 1. The van der Waals surface area contributed by atoms with Gasteiger partial charge in [-0.15, -0.1) is 0 Å². The van der Waals surface area contributed by atoms with E-state index in [0.29, 0.717) is 17.4 Å². The van der Waals surface area contributed by atoms with E-state index in [2.05, 4.69) is 43.5 Å². The first kappa shape index (κ1) is 72.7. The van der Waals surface area contributed by atoms with Gasteiger partial charge in [-0.2, -0.15) is 0 Å². The van der Waals surface area contributed by atoms with Gasteiger partial charge in [0.05, 0.1) is 39.9 Å². The van der Waals surface area contributed by atoms with Crippen LogP contribution in [0.25, 0.3) is 0 Å². The van der Waals surface area contributed by atoms with Gasteiger partial charge in [0.15, 0.2) is 0 Å². The monoisotopic (exact) mass is 1060 g/mol. The number of quaternary nitrogens is 1. The van der Waals surface area contributed by atoms with Gasteiger partial charge in [-0.3, -0.25) is 9.36 Å². The first-order chi connectivity index (χ1) is 36.0. The van der Waals surface area contributed by atoms with Gasteiger partial charge in [0.25, 0.3) is 7.82 Å². The summed E-state index contributed by atoms with van der Waals surface area (Å²) in [7, 11) is 1.25. The summed E-state index contributed by atoms with van der Waals surface area (Å²) in [6.45, 7) is 4.67. The summed E-state index contributed by atoms with van der Waals surface area (Å²) < 4.78 is 23.4. The van der Waals surface area contributed by atoms with Gasteiger partial charge in [0.1, 0.15) is 13.2 Å². The molecule has 0 heterocycles. The fourth-order valence-corrected chi connectivity index (χ4v) is 10.5. The molecule has 0 saturated heterocycles. The van der Waals surface area contributed by atoms with Gasteiger partial charge in [0.2, 0.25) is 5.91 Å². The molecule has 0 bridgehead atoms. The minimum absolute atomic E-state index is 0.00718. The van der Waals surface area contributed by atoms with E-state index in [1.807, 2.05) is 27.2 Å². The maximum atomic E-state index is 13.0. The second kappa shape index (κ2) is 56.4. The van der Waals surface area contributed by atoms with Crippen molar-refractivity contribution in [3.63, 3.8) is 0 Å². The van der Waals surface area contributed by atoms with Crippen molar-refractivity contribution in [3.8, 4) is 0 Å². The van der Waals surface area contributed by atoms with Crippen LogP contribution in [0.2, 0.25) is 0 Å². The lowest BCUT2D eigenvalue weighted by atomic mass is 10.0. The molecule has 0 aliphatic heterocycles. The number of allylic oxidation sites excluding steroid dienone is 5. The Hall–Kier alpha value is -1.28. The molecular weight excluding hydrogens is 936 g/mol. The van der Waals surface area contributed by atoms with E-state index in [1.165, 1.54) is 257 Å². The van der Waals surface area contributed by atoms with Crippen LogP contribution in [0.5, 0.6) is 0 Å². The van der Waals surface area contributed by atoms with E-state index in [-0.39, 0.29) is 12.5 Å². The number of rotatable bonds is 60. The van der Waals surface area contributed by atoms with Crippen molar-refractivity contribution < 1.29 is 32.9 Å². The molecule has 0 rings (SSSR count). The third kappa shape index (κ3) is 58.4. The van der Waals surface area contributed by atoms with Gasteiger partial charge >= 0.3 is 0 Å². The van der Waals surface area contributed by atoms with Gasteiger partial charge in [-0.05, 0) is 44.9 Å². The summed E-state index contributed by atoms with van der Waals surface area (Å²) in [5.74, 6) is -0.205. The van der Waals surface area contributed by atoms with Crippen molar-refractivity contribution in [3.05, 3.63) is 36.5 Å². The zero-order valence-corrected chi connectivity index (χ0v) is 51.0. The van der Waals surface area contributed by atoms with E-state index in [4.69, 9.17) is 9.05 Å². The molecule has 8 nitrogen and oxygen atoms in total. The minimum Gasteiger partial charge on any atom is -0.756 e. The summed E-state index contributed by atoms with van der Waals surface area (Å²) in [6, 6.07) is -0.909. The summed E-state index contributed by atoms with van der Waals surface area (Å²) in [4.78, 5) is 25.6. The topological polar surface area (TPSA) is 108 Å². The SMILES string of the molecule is CCCCCCCCCCCCCCCCCC/C=C/CC/C=C/CC/C=C/C(O)C(COP(=O)([O-])OCC[N+](C)(C)C)NC(=O)CCCCCCCCCCCCCCCCCCCCCCCCCCCC. The van der Waals surface area contributed by atoms with Gasteiger partial charge in [-0.25, -0.2) is 0 Å². The highest BCUT2D eigenvalue weighted by Gasteiger charge is 2.23. The molecule has 3 unspecified atom stereocenters. The molecule has 0 radical (unpaired) electrons. The van der Waals surface area contributed by atoms with E-state index in [0.717, 1.165) is 44.9 Å². The first-order valence-corrected chi connectivity index (χ1v) is 33.8. The lowest BCUT2D eigenvalue weighted by Gasteiger charge is -2.29. The third-order valence-electron chi connectivity index (χ3n) is 14.8. The molecular formula is C65H127N2O6P. The molecule has 1 amide bonds. The number of nitrogens with one attached hydrogen (secondary N) is 1. The molecule has 3 atom stereocenters. The fourth-order valence-electron chi connectivity index (χ4n) is 9.78. The second-order valence-electron chi connectivity index (χ2n) is 23.5. The summed E-state index contributed by atoms with van der Waals surface area (Å²) in [5.41, 5.74) is 0. The Bertz CT molecular complexity index is 1300. The Morgan fingerprint density at radius 1 is 0.459 bits per heavy atom. The van der Waals surface area contributed by atoms with E-state index in [1.54, 1.807) is 6.08 Å². The molecule has 9 heteroatoms. The van der Waals surface area contributed by atoms with Crippen molar-refractivity contribution in [1.82, 2.24) is 5.32 Å². The summed E-state index contributed by atoms with van der Waals surface area (Å²) in [5, 5.41) is 13.9. The highest BCUT2D eigenvalue weighted by Crippen LogP contribution is 2.38. The van der Waals surface area contributed by atoms with Crippen molar-refractivity contribution in [2.24, 2.45) is 0 Å². The lowest BCUT2D eigenvalue weighted by Crippen LogP contribution is -2.45. The van der Waals surface area contributed by atoms with Crippen molar-refractivity contribution in [2.75, 3.05) is 40.9 Å². The number of amides is 1. The van der Waals surface area contributed by atoms with Crippen LogP contribution in [0.3, 0.4) is 0 Å². The lowest BCUT2D eigenvalue weighted by molar-refractivity contribution is -0.870. The number of aliphatic hydroxyl groups is 1. The molecule has 0 aromatic heterocycles. The Balaban J connectivity index is 4.17. The Morgan fingerprint density at radius 2 is 0.757 bits per heavy atom. The maximum Gasteiger partial charge on any atom is 0.268 e. The number of phosphoric acid groups is 1. The second-order valence-corrected chi connectivity index (χ2v) is 24.9. The molecule has 0 aliphatic carbocycles. The molecule has 0 fully saturated rings. The molecule has 0 aromatic carbocycles. The van der Waals surface area contributed by atoms with Crippen LogP contribution >= 0.6 is 7.82 Å². The number of phosphoric ester groups is 1. The van der Waals surface area contributed by atoms with E-state index >= 15 is 0 Å². The predicted octanol–water partition coefficient (Wildman–Crippen LogP) is 19.5. The van der Waals surface area contributed by atoms with Crippen LogP contribution in [0, 0.1) is 0 Å². The molecule has 438 valence electrons. The highest BCUT2D eigenvalue weighted by molar-refractivity contribution is 7.45. The van der Waals surface area contributed by atoms with E-state index < -0.39 is 26.6 Å². The number of likely N-dealkylation sites (N-methyl/N-ethyl adjacent to an activating group) is 1. The fraction of sp³-hybridized carbons (Fsp3) is 0.892. The molecule has 0 aromatic rings. The zero-order chi connectivity index (χ0) is 54.2. The Morgan fingerprint density at radius 3 is 1.09 bits per heavy atom. The van der Waals surface area contributed by atoms with Gasteiger partial charge < -0.3 is 28.8 Å². The molecule has 2 N–H and O–H groups in total. The van der Waals surface area contributed by atoms with Crippen LogP contribution < -0.4 is 10.2 Å². The Labute approximate surface area is 461 Å². The number of unbranched alkanes of at least 4 members (excludes halogenated alkanes) is 43. The zero-order valence-electron chi connectivity index (χ0n) is 50.1. The smallest absolute Gasteiger partial charge is 0.268 e. The number of carbonyl (C=O) groups excluding carboxylic acids is 1. The van der Waals surface area contributed by atoms with Crippen LogP contribution in [0.4, 0.5) is 0 Å². The summed E-state index contributed by atoms with van der Waals surface area (Å²) >= 11 is 0. The average Bonchev–Trinajstić information content (AvgIpc) is 3.36. The largest absolute Gasteiger partial charge is 0.756 e. The molecule has 0 saturated carbocycles. The summed E-state index contributed by atoms with van der Waals surface area (Å²) in [6.07, 6.45) is 74.0.